The lowest BCUT2D eigenvalue weighted by molar-refractivity contribution is -0.138. The Kier molecular flexibility index (Phi) is 2.84. The van der Waals surface area contributed by atoms with E-state index in [4.69, 9.17) is 5.11 Å². The van der Waals surface area contributed by atoms with E-state index in [0.717, 1.165) is 4.88 Å². The number of carbonyl (C=O) groups is 1. The highest BCUT2D eigenvalue weighted by Gasteiger charge is 2.26. The molecule has 0 saturated heterocycles. The van der Waals surface area contributed by atoms with Crippen molar-refractivity contribution in [3.05, 3.63) is 22.4 Å². The van der Waals surface area contributed by atoms with Crippen molar-refractivity contribution in [2.45, 2.75) is 24.8 Å². The van der Waals surface area contributed by atoms with Gasteiger partial charge in [0.1, 0.15) is 5.92 Å². The van der Waals surface area contributed by atoms with E-state index >= 15 is 0 Å². The van der Waals surface area contributed by atoms with Crippen LogP contribution in [0.3, 0.4) is 0 Å². The van der Waals surface area contributed by atoms with Gasteiger partial charge in [-0.1, -0.05) is 6.07 Å². The standard InChI is InChI=1S/C10H13NO2S/c12-10(13)8(6-11-7-3-4-7)9-2-1-5-14-9/h1-2,5,7-8,11H,3-4,6H2,(H,12,13). The minimum Gasteiger partial charge on any atom is -0.481 e. The summed E-state index contributed by atoms with van der Waals surface area (Å²) in [5.41, 5.74) is 0. The molecule has 76 valence electrons. The van der Waals surface area contributed by atoms with Crippen LogP contribution in [0.2, 0.25) is 0 Å². The predicted molar refractivity (Wildman–Crippen MR) is 55.7 cm³/mol. The fourth-order valence-corrected chi connectivity index (χ4v) is 2.19. The van der Waals surface area contributed by atoms with Gasteiger partial charge in [0.15, 0.2) is 0 Å². The summed E-state index contributed by atoms with van der Waals surface area (Å²) in [5, 5.41) is 14.2. The highest BCUT2D eigenvalue weighted by Crippen LogP contribution is 2.24. The SMILES string of the molecule is O=C(O)C(CNC1CC1)c1cccs1. The van der Waals surface area contributed by atoms with E-state index in [1.807, 2.05) is 17.5 Å². The molecular weight excluding hydrogens is 198 g/mol. The largest absolute Gasteiger partial charge is 0.481 e. The molecule has 0 bridgehead atoms. The number of hydrogen-bond acceptors (Lipinski definition) is 3. The molecule has 4 heteroatoms. The van der Waals surface area contributed by atoms with Gasteiger partial charge in [-0.2, -0.15) is 0 Å². The van der Waals surface area contributed by atoms with Gasteiger partial charge in [0, 0.05) is 17.5 Å². The zero-order valence-corrected chi connectivity index (χ0v) is 8.59. The predicted octanol–water partition coefficient (Wildman–Crippen LogP) is 1.67. The first kappa shape index (κ1) is 9.68. The molecule has 1 aromatic heterocycles. The summed E-state index contributed by atoms with van der Waals surface area (Å²) >= 11 is 1.51. The molecule has 1 fully saturated rings. The summed E-state index contributed by atoms with van der Waals surface area (Å²) in [6, 6.07) is 4.35. The zero-order valence-electron chi connectivity index (χ0n) is 7.77. The van der Waals surface area contributed by atoms with Gasteiger partial charge in [0.2, 0.25) is 0 Å². The first-order valence-corrected chi connectivity index (χ1v) is 5.65. The normalized spacial score (nSPS) is 18.0. The van der Waals surface area contributed by atoms with Crippen LogP contribution in [-0.4, -0.2) is 23.7 Å². The number of carboxylic acids is 1. The van der Waals surface area contributed by atoms with Crippen LogP contribution in [0.1, 0.15) is 23.6 Å². The van der Waals surface area contributed by atoms with Gasteiger partial charge in [-0.3, -0.25) is 4.79 Å². The summed E-state index contributed by atoms with van der Waals surface area (Å²) in [4.78, 5) is 11.9. The molecule has 1 aliphatic rings. The molecule has 0 spiro atoms. The molecule has 0 radical (unpaired) electrons. The van der Waals surface area contributed by atoms with Crippen LogP contribution in [0, 0.1) is 0 Å². The maximum Gasteiger partial charge on any atom is 0.313 e. The van der Waals surface area contributed by atoms with Gasteiger partial charge in [0.05, 0.1) is 0 Å². The van der Waals surface area contributed by atoms with Crippen molar-refractivity contribution in [2.75, 3.05) is 6.54 Å². The minimum absolute atomic E-state index is 0.379. The summed E-state index contributed by atoms with van der Waals surface area (Å²) in [7, 11) is 0. The van der Waals surface area contributed by atoms with Crippen molar-refractivity contribution in [2.24, 2.45) is 0 Å². The number of thiophene rings is 1. The van der Waals surface area contributed by atoms with E-state index in [0.29, 0.717) is 12.6 Å². The van der Waals surface area contributed by atoms with E-state index in [9.17, 15) is 4.79 Å². The Morgan fingerprint density at radius 1 is 1.71 bits per heavy atom. The highest BCUT2D eigenvalue weighted by molar-refractivity contribution is 7.10. The van der Waals surface area contributed by atoms with Crippen LogP contribution in [0.5, 0.6) is 0 Å². The highest BCUT2D eigenvalue weighted by atomic mass is 32.1. The van der Waals surface area contributed by atoms with Crippen molar-refractivity contribution in [3.8, 4) is 0 Å². The van der Waals surface area contributed by atoms with Gasteiger partial charge < -0.3 is 10.4 Å². The van der Waals surface area contributed by atoms with Gasteiger partial charge >= 0.3 is 5.97 Å². The molecule has 0 aliphatic heterocycles. The zero-order chi connectivity index (χ0) is 9.97. The third-order valence-corrected chi connectivity index (χ3v) is 3.36. The molecule has 1 heterocycles. The van der Waals surface area contributed by atoms with Crippen LogP contribution >= 0.6 is 11.3 Å². The van der Waals surface area contributed by atoms with E-state index in [1.165, 1.54) is 24.2 Å². The molecule has 0 aromatic carbocycles. The number of hydrogen-bond donors (Lipinski definition) is 2. The topological polar surface area (TPSA) is 49.3 Å². The Labute approximate surface area is 86.8 Å². The quantitative estimate of drug-likeness (QED) is 0.779. The maximum absolute atomic E-state index is 11.0. The van der Waals surface area contributed by atoms with Crippen LogP contribution in [0.15, 0.2) is 17.5 Å². The number of nitrogens with one attached hydrogen (secondary N) is 1. The lowest BCUT2D eigenvalue weighted by Gasteiger charge is -2.10. The first-order chi connectivity index (χ1) is 6.77. The van der Waals surface area contributed by atoms with Gasteiger partial charge in [0.25, 0.3) is 0 Å². The lowest BCUT2D eigenvalue weighted by atomic mass is 10.1. The Morgan fingerprint density at radius 3 is 3.00 bits per heavy atom. The second kappa shape index (κ2) is 4.11. The average Bonchev–Trinajstić information content (AvgIpc) is 2.80. The van der Waals surface area contributed by atoms with Gasteiger partial charge in [-0.25, -0.2) is 0 Å². The van der Waals surface area contributed by atoms with E-state index in [1.54, 1.807) is 0 Å². The molecule has 1 saturated carbocycles. The van der Waals surface area contributed by atoms with Crippen molar-refractivity contribution in [1.29, 1.82) is 0 Å². The molecule has 2 rings (SSSR count). The average molecular weight is 211 g/mol. The summed E-state index contributed by atoms with van der Waals surface area (Å²) in [5.74, 6) is -1.11. The summed E-state index contributed by atoms with van der Waals surface area (Å²) in [6.07, 6.45) is 2.38. The summed E-state index contributed by atoms with van der Waals surface area (Å²) in [6.45, 7) is 0.556. The van der Waals surface area contributed by atoms with E-state index in [2.05, 4.69) is 5.32 Å². The van der Waals surface area contributed by atoms with Gasteiger partial charge in [-0.15, -0.1) is 11.3 Å². The number of aliphatic carboxylic acids is 1. The third kappa shape index (κ3) is 2.33. The first-order valence-electron chi connectivity index (χ1n) is 4.77. The summed E-state index contributed by atoms with van der Waals surface area (Å²) < 4.78 is 0. The fraction of sp³-hybridized carbons (Fsp3) is 0.500. The van der Waals surface area contributed by atoms with Crippen LogP contribution in [0.4, 0.5) is 0 Å². The molecule has 3 nitrogen and oxygen atoms in total. The van der Waals surface area contributed by atoms with Crippen molar-refractivity contribution >= 4 is 17.3 Å². The number of carboxylic acid groups (broad SMARTS) is 1. The minimum atomic E-state index is -0.736. The van der Waals surface area contributed by atoms with Crippen molar-refractivity contribution in [3.63, 3.8) is 0 Å². The Hall–Kier alpha value is -0.870. The molecule has 1 atom stereocenters. The molecule has 1 aromatic rings. The Morgan fingerprint density at radius 2 is 2.50 bits per heavy atom. The molecule has 2 N–H and O–H groups in total. The smallest absolute Gasteiger partial charge is 0.313 e. The monoisotopic (exact) mass is 211 g/mol. The maximum atomic E-state index is 11.0. The number of rotatable bonds is 5. The fourth-order valence-electron chi connectivity index (χ4n) is 1.37. The lowest BCUT2D eigenvalue weighted by Crippen LogP contribution is -2.27. The van der Waals surface area contributed by atoms with E-state index < -0.39 is 5.97 Å². The molecule has 1 unspecified atom stereocenters. The Balaban J connectivity index is 1.96. The van der Waals surface area contributed by atoms with Crippen molar-refractivity contribution in [1.82, 2.24) is 5.32 Å². The third-order valence-electron chi connectivity index (χ3n) is 2.37. The van der Waals surface area contributed by atoms with Crippen LogP contribution < -0.4 is 5.32 Å². The van der Waals surface area contributed by atoms with Crippen LogP contribution in [0.25, 0.3) is 0 Å². The molecule has 14 heavy (non-hydrogen) atoms. The second-order valence-electron chi connectivity index (χ2n) is 3.59. The van der Waals surface area contributed by atoms with Crippen LogP contribution in [-0.2, 0) is 4.79 Å². The molecule has 1 aliphatic carbocycles. The van der Waals surface area contributed by atoms with Gasteiger partial charge in [-0.05, 0) is 24.3 Å². The molecular formula is C10H13NO2S. The van der Waals surface area contributed by atoms with Crippen molar-refractivity contribution < 1.29 is 9.90 Å². The van der Waals surface area contributed by atoms with E-state index in [-0.39, 0.29) is 5.92 Å². The second-order valence-corrected chi connectivity index (χ2v) is 4.57. The molecule has 0 amide bonds. The Bertz CT molecular complexity index is 306.